The zero-order chi connectivity index (χ0) is 28.9. The number of hydrogen-bond donors (Lipinski definition) is 2. The monoisotopic (exact) mass is 572 g/mol. The number of nitrogens with one attached hydrogen (secondary N) is 1. The first-order valence-corrected chi connectivity index (χ1v) is 14.0. The molecule has 10 heteroatoms. The summed E-state index contributed by atoms with van der Waals surface area (Å²) in [6, 6.07) is 25.8. The van der Waals surface area contributed by atoms with Crippen molar-refractivity contribution in [3.63, 3.8) is 0 Å². The van der Waals surface area contributed by atoms with E-state index in [0.29, 0.717) is 11.1 Å². The molecule has 0 unspecified atom stereocenters. The Hall–Kier alpha value is -4.41. The molecule has 9 nitrogen and oxygen atoms in total. The molecule has 3 aromatic rings. The molecule has 1 fully saturated rings. The van der Waals surface area contributed by atoms with E-state index in [-0.39, 0.29) is 17.9 Å². The first-order chi connectivity index (χ1) is 19.9. The number of fused-ring (bicyclic) bond motifs is 1. The molecule has 2 aliphatic heterocycles. The summed E-state index contributed by atoms with van der Waals surface area (Å²) in [7, 11) is 1.25. The number of β-lactam (4-membered cyclic amide) rings is 1. The van der Waals surface area contributed by atoms with Crippen molar-refractivity contribution >= 4 is 35.5 Å². The number of benzene rings is 3. The Kier molecular flexibility index (Phi) is 8.51. The lowest BCUT2D eigenvalue weighted by Crippen LogP contribution is -2.71. The third-order valence-electron chi connectivity index (χ3n) is 6.92. The average Bonchev–Trinajstić information content (AvgIpc) is 3.02. The van der Waals surface area contributed by atoms with Gasteiger partial charge in [0.1, 0.15) is 17.1 Å². The minimum Gasteiger partial charge on any atom is -0.469 e. The van der Waals surface area contributed by atoms with Crippen LogP contribution in [-0.4, -0.2) is 58.0 Å². The highest BCUT2D eigenvalue weighted by Crippen LogP contribution is 2.42. The van der Waals surface area contributed by atoms with E-state index >= 15 is 0 Å². The molecule has 5 rings (SSSR count). The van der Waals surface area contributed by atoms with Crippen LogP contribution in [0.4, 0.5) is 0 Å². The lowest BCUT2D eigenvalue weighted by Gasteiger charge is -2.50. The number of amides is 2. The van der Waals surface area contributed by atoms with E-state index in [1.807, 2.05) is 60.7 Å². The number of aliphatic hydroxyl groups excluding tert-OH is 1. The quantitative estimate of drug-likeness (QED) is 0.296. The molecule has 0 radical (unpaired) electrons. The molecule has 2 heterocycles. The topological polar surface area (TPSA) is 122 Å². The fourth-order valence-electron chi connectivity index (χ4n) is 4.82. The molecule has 0 saturated carbocycles. The van der Waals surface area contributed by atoms with Crippen LogP contribution < -0.4 is 5.32 Å². The third kappa shape index (κ3) is 5.89. The van der Waals surface area contributed by atoms with Crippen LogP contribution in [0.1, 0.15) is 35.3 Å². The van der Waals surface area contributed by atoms with E-state index in [4.69, 9.17) is 9.47 Å². The van der Waals surface area contributed by atoms with Crippen molar-refractivity contribution < 1.29 is 33.8 Å². The number of ether oxygens (including phenoxy) is 2. The number of esters is 2. The largest absolute Gasteiger partial charge is 0.469 e. The molecular formula is C31H28N2O7S. The standard InChI is InChI=1S/C31H28N2O7S/c1-39-23(34)17-22-18-41-30-24(32-28(36)26(35)19-11-5-2-6-12-19)29(37)33(30)25(22)31(38)40-27(20-13-7-3-8-14-20)21-15-9-4-10-16-21/h2-16,24,26-27,30,35H,17-18H2,1H3,(H,32,36)/t24-,26-,30-/m1/s1. The normalized spacial score (nSPS) is 18.7. The van der Waals surface area contributed by atoms with Crippen LogP contribution in [-0.2, 0) is 28.7 Å². The van der Waals surface area contributed by atoms with E-state index in [2.05, 4.69) is 5.32 Å². The SMILES string of the molecule is COC(=O)CC1=C(C(=O)OC(c2ccccc2)c2ccccc2)N2C(=O)[C@@H](NC(=O)[C@H](O)c3ccccc3)[C@H]2SC1. The van der Waals surface area contributed by atoms with E-state index in [0.717, 1.165) is 11.1 Å². The summed E-state index contributed by atoms with van der Waals surface area (Å²) in [5.74, 6) is -2.36. The predicted octanol–water partition coefficient (Wildman–Crippen LogP) is 3.27. The fourth-order valence-corrected chi connectivity index (χ4v) is 6.17. The van der Waals surface area contributed by atoms with Crippen LogP contribution >= 0.6 is 11.8 Å². The molecule has 3 aromatic carbocycles. The van der Waals surface area contributed by atoms with Crippen molar-refractivity contribution in [2.45, 2.75) is 30.0 Å². The summed E-state index contributed by atoms with van der Waals surface area (Å²) >= 11 is 1.30. The first kappa shape index (κ1) is 28.1. The number of carbonyl (C=O) groups is 4. The molecule has 2 N–H and O–H groups in total. The van der Waals surface area contributed by atoms with Gasteiger partial charge in [-0.2, -0.15) is 0 Å². The van der Waals surface area contributed by atoms with E-state index in [1.54, 1.807) is 30.3 Å². The summed E-state index contributed by atoms with van der Waals surface area (Å²) < 4.78 is 10.9. The average molecular weight is 573 g/mol. The van der Waals surface area contributed by atoms with Gasteiger partial charge in [0.05, 0.1) is 13.5 Å². The fraction of sp³-hybridized carbons (Fsp3) is 0.226. The zero-order valence-electron chi connectivity index (χ0n) is 22.1. The highest BCUT2D eigenvalue weighted by Gasteiger charge is 2.55. The number of methoxy groups -OCH3 is 1. The highest BCUT2D eigenvalue weighted by molar-refractivity contribution is 8.00. The molecule has 3 atom stereocenters. The zero-order valence-corrected chi connectivity index (χ0v) is 23.0. The molecule has 0 spiro atoms. The number of thioether (sulfide) groups is 1. The number of hydrogen-bond acceptors (Lipinski definition) is 8. The van der Waals surface area contributed by atoms with Crippen LogP contribution in [0.3, 0.4) is 0 Å². The Balaban J connectivity index is 1.41. The summed E-state index contributed by atoms with van der Waals surface area (Å²) in [4.78, 5) is 53.5. The van der Waals surface area contributed by atoms with Crippen LogP contribution in [0.2, 0.25) is 0 Å². The third-order valence-corrected chi connectivity index (χ3v) is 8.26. The Morgan fingerprint density at radius 3 is 2.00 bits per heavy atom. The van der Waals surface area contributed by atoms with Gasteiger partial charge in [-0.1, -0.05) is 91.0 Å². The highest BCUT2D eigenvalue weighted by atomic mass is 32.2. The Bertz CT molecular complexity index is 1420. The van der Waals surface area contributed by atoms with Crippen LogP contribution in [0.25, 0.3) is 0 Å². The summed E-state index contributed by atoms with van der Waals surface area (Å²) in [5.41, 5.74) is 2.22. The van der Waals surface area contributed by atoms with Crippen LogP contribution in [0.15, 0.2) is 102 Å². The maximum Gasteiger partial charge on any atom is 0.356 e. The van der Waals surface area contributed by atoms with Gasteiger partial charge in [-0.15, -0.1) is 11.8 Å². The number of carbonyl (C=O) groups excluding carboxylic acids is 4. The van der Waals surface area contributed by atoms with Crippen molar-refractivity contribution in [2.24, 2.45) is 0 Å². The maximum atomic E-state index is 13.8. The Morgan fingerprint density at radius 2 is 1.46 bits per heavy atom. The summed E-state index contributed by atoms with van der Waals surface area (Å²) in [5, 5.41) is 12.5. The number of aliphatic hydroxyl groups is 1. The predicted molar refractivity (Wildman–Crippen MR) is 151 cm³/mol. The van der Waals surface area contributed by atoms with Crippen LogP contribution in [0.5, 0.6) is 0 Å². The van der Waals surface area contributed by atoms with Gasteiger partial charge in [-0.3, -0.25) is 19.3 Å². The summed E-state index contributed by atoms with van der Waals surface area (Å²) in [6.07, 6.45) is -2.42. The van der Waals surface area contributed by atoms with Crippen molar-refractivity contribution in [3.05, 3.63) is 119 Å². The molecule has 1 saturated heterocycles. The lowest BCUT2D eigenvalue weighted by molar-refractivity contribution is -0.155. The minimum atomic E-state index is -1.46. The Labute approximate surface area is 241 Å². The summed E-state index contributed by atoms with van der Waals surface area (Å²) in [6.45, 7) is 0. The van der Waals surface area contributed by atoms with Gasteiger partial charge in [0.2, 0.25) is 0 Å². The van der Waals surface area contributed by atoms with Crippen molar-refractivity contribution in [1.29, 1.82) is 0 Å². The van der Waals surface area contributed by atoms with E-state index in [9.17, 15) is 24.3 Å². The van der Waals surface area contributed by atoms with E-state index < -0.39 is 47.4 Å². The van der Waals surface area contributed by atoms with Gasteiger partial charge < -0.3 is 19.9 Å². The van der Waals surface area contributed by atoms with Crippen molar-refractivity contribution in [3.8, 4) is 0 Å². The van der Waals surface area contributed by atoms with Crippen molar-refractivity contribution in [2.75, 3.05) is 12.9 Å². The second-order valence-corrected chi connectivity index (χ2v) is 10.6. The maximum absolute atomic E-state index is 13.8. The molecule has 210 valence electrons. The second kappa shape index (κ2) is 12.4. The minimum absolute atomic E-state index is 0.0323. The molecule has 41 heavy (non-hydrogen) atoms. The molecule has 0 bridgehead atoms. The molecule has 0 aromatic heterocycles. The second-order valence-electron chi connectivity index (χ2n) is 9.52. The van der Waals surface area contributed by atoms with Crippen LogP contribution in [0, 0.1) is 0 Å². The van der Waals surface area contributed by atoms with Gasteiger partial charge in [0.15, 0.2) is 12.2 Å². The van der Waals surface area contributed by atoms with Gasteiger partial charge >= 0.3 is 11.9 Å². The number of nitrogens with zero attached hydrogens (tertiary/aromatic N) is 1. The van der Waals surface area contributed by atoms with Gasteiger partial charge in [0.25, 0.3) is 11.8 Å². The lowest BCUT2D eigenvalue weighted by atomic mass is 9.99. The molecule has 0 aliphatic carbocycles. The van der Waals surface area contributed by atoms with Gasteiger partial charge in [-0.25, -0.2) is 4.79 Å². The smallest absolute Gasteiger partial charge is 0.356 e. The molecule has 2 amide bonds. The Morgan fingerprint density at radius 1 is 0.927 bits per heavy atom. The van der Waals surface area contributed by atoms with Crippen molar-refractivity contribution in [1.82, 2.24) is 10.2 Å². The van der Waals surface area contributed by atoms with Gasteiger partial charge in [0, 0.05) is 5.75 Å². The number of rotatable bonds is 9. The van der Waals surface area contributed by atoms with E-state index in [1.165, 1.54) is 23.8 Å². The first-order valence-electron chi connectivity index (χ1n) is 13.0. The molecular weight excluding hydrogens is 544 g/mol. The molecule has 2 aliphatic rings. The van der Waals surface area contributed by atoms with Gasteiger partial charge in [-0.05, 0) is 22.3 Å².